The van der Waals surface area contributed by atoms with Gasteiger partial charge in [-0.05, 0) is 42.7 Å². The van der Waals surface area contributed by atoms with E-state index >= 15 is 0 Å². The largest absolute Gasteiger partial charge is 0.417 e. The smallest absolute Gasteiger partial charge is 0.345 e. The molecule has 0 aliphatic carbocycles. The minimum atomic E-state index is -4.54. The lowest BCUT2D eigenvalue weighted by Gasteiger charge is -2.17. The van der Waals surface area contributed by atoms with Crippen molar-refractivity contribution in [3.63, 3.8) is 0 Å². The number of nitrogens with zero attached hydrogens (tertiary/aromatic N) is 3. The van der Waals surface area contributed by atoms with Crippen molar-refractivity contribution in [2.24, 2.45) is 0 Å². The Morgan fingerprint density at radius 3 is 2.15 bits per heavy atom. The second kappa shape index (κ2) is 8.87. The van der Waals surface area contributed by atoms with Crippen LogP contribution in [0, 0.1) is 0 Å². The molecule has 0 aliphatic rings. The summed E-state index contributed by atoms with van der Waals surface area (Å²) in [5.74, 6) is -0.750. The van der Waals surface area contributed by atoms with Crippen LogP contribution in [0.1, 0.15) is 65.5 Å². The Morgan fingerprint density at radius 1 is 0.939 bits per heavy atom. The Hall–Kier alpha value is -3.37. The van der Waals surface area contributed by atoms with Crippen molar-refractivity contribution in [3.8, 4) is 5.82 Å². The fourth-order valence-corrected chi connectivity index (χ4v) is 3.29. The molecule has 33 heavy (non-hydrogen) atoms. The number of nitrogens with one attached hydrogen (secondary N) is 1. The minimum Gasteiger partial charge on any atom is -0.345 e. The van der Waals surface area contributed by atoms with Gasteiger partial charge in [0.25, 0.3) is 5.91 Å². The van der Waals surface area contributed by atoms with E-state index in [2.05, 4.69) is 15.4 Å². The summed E-state index contributed by atoms with van der Waals surface area (Å²) >= 11 is 0. The van der Waals surface area contributed by atoms with Crippen molar-refractivity contribution in [1.29, 1.82) is 0 Å². The number of benzene rings is 1. The zero-order valence-electron chi connectivity index (χ0n) is 17.8. The van der Waals surface area contributed by atoms with Crippen molar-refractivity contribution < 1.29 is 31.1 Å². The van der Waals surface area contributed by atoms with Crippen LogP contribution in [0.15, 0.2) is 48.8 Å². The number of hydrogen-bond donors (Lipinski definition) is 1. The molecule has 0 fully saturated rings. The lowest BCUT2D eigenvalue weighted by molar-refractivity contribution is -0.138. The number of pyridine rings is 1. The molecule has 2 heterocycles. The van der Waals surface area contributed by atoms with E-state index in [0.29, 0.717) is 11.9 Å². The number of rotatable bonds is 5. The average molecular weight is 470 g/mol. The maximum atomic E-state index is 13.0. The molecule has 0 aliphatic heterocycles. The van der Waals surface area contributed by atoms with E-state index in [0.717, 1.165) is 24.3 Å². The molecule has 2 aromatic heterocycles. The molecule has 176 valence electrons. The van der Waals surface area contributed by atoms with Crippen LogP contribution in [-0.4, -0.2) is 20.7 Å². The third-order valence-electron chi connectivity index (χ3n) is 4.95. The molecule has 1 aromatic carbocycles. The molecule has 3 aromatic rings. The maximum Gasteiger partial charge on any atom is 0.417 e. The Balaban J connectivity index is 1.88. The SMILES string of the molecule is CC(C)c1c(C(=O)NC(C)c2cccc(C(F)(F)F)c2)cnn1-c1ccc(C(F)(F)F)cn1. The molecule has 0 saturated carbocycles. The average Bonchev–Trinajstić information content (AvgIpc) is 3.18. The van der Waals surface area contributed by atoms with Gasteiger partial charge in [0.2, 0.25) is 0 Å². The van der Waals surface area contributed by atoms with Gasteiger partial charge in [-0.15, -0.1) is 0 Å². The van der Waals surface area contributed by atoms with Gasteiger partial charge in [0.05, 0.1) is 34.6 Å². The highest BCUT2D eigenvalue weighted by Gasteiger charge is 2.32. The minimum absolute atomic E-state index is 0.0941. The molecule has 1 N–H and O–H groups in total. The van der Waals surface area contributed by atoms with Gasteiger partial charge in [-0.1, -0.05) is 26.0 Å². The summed E-state index contributed by atoms with van der Waals surface area (Å²) in [6.45, 7) is 5.08. The second-order valence-electron chi connectivity index (χ2n) is 7.73. The fourth-order valence-electron chi connectivity index (χ4n) is 3.29. The predicted octanol–water partition coefficient (Wildman–Crippen LogP) is 5.92. The molecule has 11 heteroatoms. The zero-order chi connectivity index (χ0) is 24.6. The summed E-state index contributed by atoms with van der Waals surface area (Å²) in [5, 5.41) is 6.76. The Bertz CT molecular complexity index is 1130. The first-order valence-electron chi connectivity index (χ1n) is 9.88. The van der Waals surface area contributed by atoms with E-state index in [1.54, 1.807) is 20.8 Å². The molecule has 1 amide bonds. The highest BCUT2D eigenvalue weighted by molar-refractivity contribution is 5.95. The summed E-state index contributed by atoms with van der Waals surface area (Å²) in [4.78, 5) is 16.7. The summed E-state index contributed by atoms with van der Waals surface area (Å²) in [7, 11) is 0. The first-order valence-corrected chi connectivity index (χ1v) is 9.88. The standard InChI is InChI=1S/C22H20F6N4O/c1-12(2)19-17(11-30-32(19)18-8-7-16(10-29-18)22(26,27)28)20(33)31-13(3)14-5-4-6-15(9-14)21(23,24)25/h4-13H,1-3H3,(H,31,33). The van der Waals surface area contributed by atoms with Crippen LogP contribution in [0.25, 0.3) is 5.82 Å². The summed E-state index contributed by atoms with van der Waals surface area (Å²) < 4.78 is 78.7. The van der Waals surface area contributed by atoms with Crippen molar-refractivity contribution in [1.82, 2.24) is 20.1 Å². The lowest BCUT2D eigenvalue weighted by Crippen LogP contribution is -2.28. The van der Waals surface area contributed by atoms with Crippen LogP contribution >= 0.6 is 0 Å². The third kappa shape index (κ3) is 5.35. The van der Waals surface area contributed by atoms with Crippen molar-refractivity contribution in [2.45, 2.75) is 45.1 Å². The monoisotopic (exact) mass is 470 g/mol. The van der Waals surface area contributed by atoms with Gasteiger partial charge in [-0.25, -0.2) is 9.67 Å². The van der Waals surface area contributed by atoms with Gasteiger partial charge in [0, 0.05) is 6.20 Å². The Kier molecular flexibility index (Phi) is 6.53. The summed E-state index contributed by atoms with van der Waals surface area (Å²) in [6.07, 6.45) is -7.12. The van der Waals surface area contributed by atoms with Gasteiger partial charge >= 0.3 is 12.4 Å². The Labute approximate surface area is 185 Å². The van der Waals surface area contributed by atoms with E-state index in [-0.39, 0.29) is 22.9 Å². The number of halogens is 6. The van der Waals surface area contributed by atoms with Crippen LogP contribution in [0.3, 0.4) is 0 Å². The summed E-state index contributed by atoms with van der Waals surface area (Å²) in [6, 6.07) is 5.90. The summed E-state index contributed by atoms with van der Waals surface area (Å²) in [5.41, 5.74) is -0.940. The first-order chi connectivity index (χ1) is 15.3. The van der Waals surface area contributed by atoms with E-state index in [1.165, 1.54) is 23.0 Å². The molecule has 5 nitrogen and oxygen atoms in total. The molecule has 0 radical (unpaired) electrons. The molecule has 0 spiro atoms. The number of hydrogen-bond acceptors (Lipinski definition) is 3. The van der Waals surface area contributed by atoms with Crippen LogP contribution < -0.4 is 5.32 Å². The van der Waals surface area contributed by atoms with Crippen molar-refractivity contribution >= 4 is 5.91 Å². The van der Waals surface area contributed by atoms with Crippen LogP contribution in [0.5, 0.6) is 0 Å². The van der Waals surface area contributed by atoms with Crippen molar-refractivity contribution in [2.75, 3.05) is 0 Å². The van der Waals surface area contributed by atoms with E-state index in [9.17, 15) is 31.1 Å². The normalized spacial score (nSPS) is 13.3. The second-order valence-corrected chi connectivity index (χ2v) is 7.73. The molecule has 1 atom stereocenters. The van der Waals surface area contributed by atoms with Crippen LogP contribution in [0.4, 0.5) is 26.3 Å². The number of aromatic nitrogens is 3. The number of alkyl halides is 6. The molecular formula is C22H20F6N4O. The number of amides is 1. The van der Waals surface area contributed by atoms with Gasteiger partial charge in [-0.2, -0.15) is 31.4 Å². The van der Waals surface area contributed by atoms with E-state index < -0.39 is 35.4 Å². The lowest BCUT2D eigenvalue weighted by atomic mass is 10.0. The highest BCUT2D eigenvalue weighted by Crippen LogP contribution is 2.31. The van der Waals surface area contributed by atoms with Crippen LogP contribution in [0.2, 0.25) is 0 Å². The maximum absolute atomic E-state index is 13.0. The van der Waals surface area contributed by atoms with Gasteiger partial charge in [0.15, 0.2) is 5.82 Å². The third-order valence-corrected chi connectivity index (χ3v) is 4.95. The fraction of sp³-hybridized carbons (Fsp3) is 0.318. The van der Waals surface area contributed by atoms with Gasteiger partial charge in [0.1, 0.15) is 0 Å². The molecule has 3 rings (SSSR count). The molecule has 0 bridgehead atoms. The van der Waals surface area contributed by atoms with Crippen molar-refractivity contribution in [3.05, 3.63) is 76.7 Å². The van der Waals surface area contributed by atoms with Crippen LogP contribution in [-0.2, 0) is 12.4 Å². The first kappa shape index (κ1) is 24.3. The van der Waals surface area contributed by atoms with Gasteiger partial charge in [-0.3, -0.25) is 4.79 Å². The van der Waals surface area contributed by atoms with E-state index in [1.807, 2.05) is 0 Å². The zero-order valence-corrected chi connectivity index (χ0v) is 17.8. The molecular weight excluding hydrogens is 450 g/mol. The molecule has 1 unspecified atom stereocenters. The topological polar surface area (TPSA) is 59.8 Å². The highest BCUT2D eigenvalue weighted by atomic mass is 19.4. The Morgan fingerprint density at radius 2 is 1.61 bits per heavy atom. The number of carbonyl (C=O) groups excluding carboxylic acids is 1. The quantitative estimate of drug-likeness (QED) is 0.471. The van der Waals surface area contributed by atoms with E-state index in [4.69, 9.17) is 0 Å². The molecule has 0 saturated heterocycles. The number of carbonyl (C=O) groups is 1. The van der Waals surface area contributed by atoms with Gasteiger partial charge < -0.3 is 5.32 Å². The predicted molar refractivity (Wildman–Crippen MR) is 108 cm³/mol.